The average Bonchev–Trinajstić information content (AvgIpc) is 2.61. The van der Waals surface area contributed by atoms with Gasteiger partial charge in [-0.1, -0.05) is 24.3 Å². The SMILES string of the molecule is CCNC(=NCC(C)(C)N1CCOCC1)NCC1Cc2ccccc21. The monoisotopic (exact) mass is 344 g/mol. The van der Waals surface area contributed by atoms with Gasteiger partial charge >= 0.3 is 0 Å². The first-order valence-corrected chi connectivity index (χ1v) is 9.53. The van der Waals surface area contributed by atoms with Crippen LogP contribution < -0.4 is 10.6 Å². The van der Waals surface area contributed by atoms with E-state index in [2.05, 4.69) is 60.6 Å². The number of rotatable bonds is 6. The largest absolute Gasteiger partial charge is 0.379 e. The second-order valence-electron chi connectivity index (χ2n) is 7.59. The van der Waals surface area contributed by atoms with Crippen LogP contribution in [0.2, 0.25) is 0 Å². The maximum absolute atomic E-state index is 5.47. The van der Waals surface area contributed by atoms with Gasteiger partial charge in [0.15, 0.2) is 5.96 Å². The molecule has 138 valence electrons. The van der Waals surface area contributed by atoms with Gasteiger partial charge in [0.25, 0.3) is 0 Å². The lowest BCUT2D eigenvalue weighted by Gasteiger charge is -2.40. The summed E-state index contributed by atoms with van der Waals surface area (Å²) in [6.07, 6.45) is 1.17. The Morgan fingerprint density at radius 1 is 1.24 bits per heavy atom. The molecule has 0 spiro atoms. The number of nitrogens with one attached hydrogen (secondary N) is 2. The molecule has 0 aromatic heterocycles. The first kappa shape index (κ1) is 18.2. The van der Waals surface area contributed by atoms with E-state index in [0.29, 0.717) is 5.92 Å². The minimum atomic E-state index is 0.0508. The molecule has 1 aromatic rings. The second-order valence-corrected chi connectivity index (χ2v) is 7.59. The van der Waals surface area contributed by atoms with Gasteiger partial charge in [0.2, 0.25) is 0 Å². The molecular weight excluding hydrogens is 312 g/mol. The van der Waals surface area contributed by atoms with Crippen LogP contribution in [0.15, 0.2) is 29.3 Å². The number of hydrogen-bond acceptors (Lipinski definition) is 3. The fourth-order valence-electron chi connectivity index (χ4n) is 3.65. The van der Waals surface area contributed by atoms with E-state index < -0.39 is 0 Å². The fourth-order valence-corrected chi connectivity index (χ4v) is 3.65. The lowest BCUT2D eigenvalue weighted by Crippen LogP contribution is -2.52. The summed E-state index contributed by atoms with van der Waals surface area (Å²) < 4.78 is 5.47. The molecule has 5 heteroatoms. The summed E-state index contributed by atoms with van der Waals surface area (Å²) in [6.45, 7) is 12.9. The standard InChI is InChI=1S/C20H32N4O/c1-4-21-19(22-14-17-13-16-7-5-6-8-18(16)17)23-15-20(2,3)24-9-11-25-12-10-24/h5-8,17H,4,9-15H2,1-3H3,(H2,21,22,23). The number of nitrogens with zero attached hydrogens (tertiary/aromatic N) is 2. The molecule has 1 saturated heterocycles. The molecule has 1 heterocycles. The smallest absolute Gasteiger partial charge is 0.191 e. The van der Waals surface area contributed by atoms with E-state index in [4.69, 9.17) is 9.73 Å². The van der Waals surface area contributed by atoms with Gasteiger partial charge in [-0.15, -0.1) is 0 Å². The van der Waals surface area contributed by atoms with E-state index in [9.17, 15) is 0 Å². The molecule has 1 atom stereocenters. The van der Waals surface area contributed by atoms with Crippen molar-refractivity contribution < 1.29 is 4.74 Å². The molecule has 0 bridgehead atoms. The lowest BCUT2D eigenvalue weighted by molar-refractivity contribution is -0.00683. The fraction of sp³-hybridized carbons (Fsp3) is 0.650. The third-order valence-electron chi connectivity index (χ3n) is 5.31. The van der Waals surface area contributed by atoms with Crippen LogP contribution >= 0.6 is 0 Å². The summed E-state index contributed by atoms with van der Waals surface area (Å²) in [5.41, 5.74) is 3.03. The Labute approximate surface area is 151 Å². The van der Waals surface area contributed by atoms with Crippen LogP contribution in [0.4, 0.5) is 0 Å². The Hall–Kier alpha value is -1.59. The van der Waals surface area contributed by atoms with E-state index in [1.165, 1.54) is 17.5 Å². The highest BCUT2D eigenvalue weighted by molar-refractivity contribution is 5.79. The summed E-state index contributed by atoms with van der Waals surface area (Å²) in [5, 5.41) is 6.92. The van der Waals surface area contributed by atoms with Gasteiger partial charge in [-0.3, -0.25) is 9.89 Å². The van der Waals surface area contributed by atoms with Crippen molar-refractivity contribution in [2.24, 2.45) is 4.99 Å². The van der Waals surface area contributed by atoms with E-state index in [0.717, 1.165) is 51.9 Å². The highest BCUT2D eigenvalue weighted by Crippen LogP contribution is 2.33. The molecule has 1 aliphatic heterocycles. The average molecular weight is 345 g/mol. The highest BCUT2D eigenvalue weighted by Gasteiger charge is 2.28. The predicted octanol–water partition coefficient (Wildman–Crippen LogP) is 1.99. The van der Waals surface area contributed by atoms with Gasteiger partial charge in [0.05, 0.1) is 19.8 Å². The predicted molar refractivity (Wildman–Crippen MR) is 103 cm³/mol. The molecule has 1 unspecified atom stereocenters. The van der Waals surface area contributed by atoms with Crippen LogP contribution in [0.5, 0.6) is 0 Å². The van der Waals surface area contributed by atoms with Gasteiger partial charge in [-0.2, -0.15) is 0 Å². The third kappa shape index (κ3) is 4.53. The van der Waals surface area contributed by atoms with Crippen LogP contribution in [-0.4, -0.2) is 62.3 Å². The summed E-state index contributed by atoms with van der Waals surface area (Å²) >= 11 is 0. The Morgan fingerprint density at radius 2 is 2.00 bits per heavy atom. The third-order valence-corrected chi connectivity index (χ3v) is 5.31. The number of morpholine rings is 1. The van der Waals surface area contributed by atoms with Crippen molar-refractivity contribution in [2.45, 2.75) is 38.6 Å². The number of hydrogen-bond donors (Lipinski definition) is 2. The number of fused-ring (bicyclic) bond motifs is 1. The van der Waals surface area contributed by atoms with Gasteiger partial charge in [0, 0.05) is 37.6 Å². The maximum Gasteiger partial charge on any atom is 0.191 e. The summed E-state index contributed by atoms with van der Waals surface area (Å²) in [5.74, 6) is 1.53. The van der Waals surface area contributed by atoms with Crippen molar-refractivity contribution in [3.05, 3.63) is 35.4 Å². The Bertz CT molecular complexity index is 593. The molecule has 3 rings (SSSR count). The quantitative estimate of drug-likeness (QED) is 0.612. The summed E-state index contributed by atoms with van der Waals surface area (Å²) in [4.78, 5) is 7.34. The van der Waals surface area contributed by atoms with Crippen molar-refractivity contribution >= 4 is 5.96 Å². The normalized spacial score (nSPS) is 21.4. The summed E-state index contributed by atoms with van der Waals surface area (Å²) in [6, 6.07) is 8.74. The van der Waals surface area contributed by atoms with E-state index in [1.54, 1.807) is 0 Å². The van der Waals surface area contributed by atoms with Crippen LogP contribution in [0.25, 0.3) is 0 Å². The first-order valence-electron chi connectivity index (χ1n) is 9.53. The molecular formula is C20H32N4O. The molecule has 0 saturated carbocycles. The Morgan fingerprint density at radius 3 is 2.72 bits per heavy atom. The van der Waals surface area contributed by atoms with Crippen LogP contribution in [0, 0.1) is 0 Å². The molecule has 1 aliphatic carbocycles. The molecule has 2 N–H and O–H groups in total. The zero-order valence-electron chi connectivity index (χ0n) is 15.8. The van der Waals surface area contributed by atoms with Crippen molar-refractivity contribution in [3.8, 4) is 0 Å². The minimum Gasteiger partial charge on any atom is -0.379 e. The van der Waals surface area contributed by atoms with E-state index in [-0.39, 0.29) is 5.54 Å². The van der Waals surface area contributed by atoms with Gasteiger partial charge in [-0.25, -0.2) is 0 Å². The van der Waals surface area contributed by atoms with Gasteiger partial charge < -0.3 is 15.4 Å². The van der Waals surface area contributed by atoms with Crippen molar-refractivity contribution in [2.75, 3.05) is 45.9 Å². The topological polar surface area (TPSA) is 48.9 Å². The molecule has 0 radical (unpaired) electrons. The van der Waals surface area contributed by atoms with E-state index >= 15 is 0 Å². The molecule has 1 fully saturated rings. The van der Waals surface area contributed by atoms with Gasteiger partial charge in [0.1, 0.15) is 0 Å². The number of guanidine groups is 1. The number of aliphatic imine (C=N–C) groups is 1. The van der Waals surface area contributed by atoms with Crippen LogP contribution in [-0.2, 0) is 11.2 Å². The van der Waals surface area contributed by atoms with Crippen LogP contribution in [0.1, 0.15) is 37.8 Å². The Balaban J connectivity index is 1.54. The Kier molecular flexibility index (Phi) is 5.97. The zero-order valence-corrected chi connectivity index (χ0v) is 15.8. The number of benzene rings is 1. The lowest BCUT2D eigenvalue weighted by atomic mass is 9.78. The molecule has 0 amide bonds. The zero-order chi connectivity index (χ0) is 17.7. The van der Waals surface area contributed by atoms with Gasteiger partial charge in [-0.05, 0) is 38.3 Å². The minimum absolute atomic E-state index is 0.0508. The van der Waals surface area contributed by atoms with Crippen molar-refractivity contribution in [1.82, 2.24) is 15.5 Å². The molecule has 1 aromatic carbocycles. The molecule has 2 aliphatic rings. The first-order chi connectivity index (χ1) is 12.1. The second kappa shape index (κ2) is 8.19. The highest BCUT2D eigenvalue weighted by atomic mass is 16.5. The van der Waals surface area contributed by atoms with Crippen molar-refractivity contribution in [3.63, 3.8) is 0 Å². The number of ether oxygens (including phenoxy) is 1. The summed E-state index contributed by atoms with van der Waals surface area (Å²) in [7, 11) is 0. The van der Waals surface area contributed by atoms with E-state index in [1.807, 2.05) is 0 Å². The molecule has 25 heavy (non-hydrogen) atoms. The van der Waals surface area contributed by atoms with Crippen molar-refractivity contribution in [1.29, 1.82) is 0 Å². The molecule has 5 nitrogen and oxygen atoms in total. The van der Waals surface area contributed by atoms with Crippen LogP contribution in [0.3, 0.4) is 0 Å². The maximum atomic E-state index is 5.47.